The Morgan fingerprint density at radius 3 is 2.65 bits per heavy atom. The van der Waals surface area contributed by atoms with Crippen molar-refractivity contribution in [1.29, 1.82) is 0 Å². The normalized spacial score (nSPS) is 14.5. The zero-order valence-electron chi connectivity index (χ0n) is 9.17. The Balaban J connectivity index is 2.63. The van der Waals surface area contributed by atoms with Crippen molar-refractivity contribution < 1.29 is 14.7 Å². The quantitative estimate of drug-likeness (QED) is 0.862. The van der Waals surface area contributed by atoms with Gasteiger partial charge >= 0.3 is 5.97 Å². The Bertz CT molecular complexity index is 559. The van der Waals surface area contributed by atoms with E-state index < -0.39 is 11.9 Å². The van der Waals surface area contributed by atoms with Gasteiger partial charge in [-0.3, -0.25) is 4.79 Å². The third-order valence-electron chi connectivity index (χ3n) is 2.56. The van der Waals surface area contributed by atoms with Crippen LogP contribution in [0.3, 0.4) is 0 Å². The van der Waals surface area contributed by atoms with Crippen LogP contribution in [0.25, 0.3) is 5.57 Å². The Morgan fingerprint density at radius 2 is 2.00 bits per heavy atom. The molecule has 1 aliphatic rings. The molecule has 1 amide bonds. The van der Waals surface area contributed by atoms with Gasteiger partial charge in [0.1, 0.15) is 0 Å². The van der Waals surface area contributed by atoms with Gasteiger partial charge in [-0.05, 0) is 17.5 Å². The minimum atomic E-state index is -1.24. The minimum absolute atomic E-state index is 0.0787. The van der Waals surface area contributed by atoms with Crippen LogP contribution in [0.2, 0.25) is 0 Å². The molecule has 1 aromatic rings. The summed E-state index contributed by atoms with van der Waals surface area (Å²) in [5, 5.41) is 15.7. The van der Waals surface area contributed by atoms with Gasteiger partial charge in [0, 0.05) is 0 Å². The van der Waals surface area contributed by atoms with Gasteiger partial charge in [0.05, 0.1) is 5.57 Å². The van der Waals surface area contributed by atoms with Gasteiger partial charge < -0.3 is 5.11 Å². The summed E-state index contributed by atoms with van der Waals surface area (Å²) in [5.74, 6) is -1.83. The summed E-state index contributed by atoms with van der Waals surface area (Å²) in [6.07, 6.45) is 0.708. The topological polar surface area (TPSA) is 79.1 Å². The Kier molecular flexibility index (Phi) is 2.82. The third-order valence-corrected chi connectivity index (χ3v) is 2.56. The predicted molar refractivity (Wildman–Crippen MR) is 60.2 cm³/mol. The van der Waals surface area contributed by atoms with Gasteiger partial charge in [0.25, 0.3) is 5.91 Å². The first kappa shape index (κ1) is 11.2. The van der Waals surface area contributed by atoms with Crippen molar-refractivity contribution in [3.05, 3.63) is 41.1 Å². The number of carbonyl (C=O) groups excluding carboxylic acids is 1. The zero-order chi connectivity index (χ0) is 12.4. The number of carbonyl (C=O) groups is 2. The van der Waals surface area contributed by atoms with Gasteiger partial charge in [-0.1, -0.05) is 31.2 Å². The van der Waals surface area contributed by atoms with Gasteiger partial charge in [-0.15, -0.1) is 10.2 Å². The van der Waals surface area contributed by atoms with Crippen molar-refractivity contribution in [2.75, 3.05) is 0 Å². The van der Waals surface area contributed by atoms with Gasteiger partial charge in [0.15, 0.2) is 5.70 Å². The van der Waals surface area contributed by atoms with Crippen LogP contribution in [0.1, 0.15) is 18.1 Å². The number of amides is 1. The SMILES string of the molecule is CCc1ccccc1C1=C(C(=O)O)N=NC1=O. The van der Waals surface area contributed by atoms with E-state index in [1.165, 1.54) is 0 Å². The molecule has 5 nitrogen and oxygen atoms in total. The predicted octanol–water partition coefficient (Wildman–Crippen LogP) is 2.04. The maximum atomic E-state index is 11.6. The van der Waals surface area contributed by atoms with E-state index >= 15 is 0 Å². The Morgan fingerprint density at radius 1 is 1.29 bits per heavy atom. The second-order valence-electron chi connectivity index (χ2n) is 3.54. The molecule has 0 aromatic heterocycles. The average molecular weight is 230 g/mol. The van der Waals surface area contributed by atoms with Crippen LogP contribution < -0.4 is 0 Å². The van der Waals surface area contributed by atoms with Gasteiger partial charge in [0.2, 0.25) is 0 Å². The number of nitrogens with zero attached hydrogens (tertiary/aromatic N) is 2. The summed E-state index contributed by atoms with van der Waals surface area (Å²) in [5.41, 5.74) is 1.30. The fourth-order valence-corrected chi connectivity index (χ4v) is 1.76. The Hall–Kier alpha value is -2.30. The summed E-state index contributed by atoms with van der Waals surface area (Å²) < 4.78 is 0. The first-order valence-corrected chi connectivity index (χ1v) is 5.17. The van der Waals surface area contributed by atoms with E-state index in [0.717, 1.165) is 5.56 Å². The second kappa shape index (κ2) is 4.29. The summed E-state index contributed by atoms with van der Waals surface area (Å²) in [6.45, 7) is 1.94. The molecule has 1 N–H and O–H groups in total. The van der Waals surface area contributed by atoms with Crippen LogP contribution in [0.4, 0.5) is 0 Å². The summed E-state index contributed by atoms with van der Waals surface area (Å²) >= 11 is 0. The van der Waals surface area contributed by atoms with Crippen LogP contribution in [0.15, 0.2) is 40.2 Å². The first-order valence-electron chi connectivity index (χ1n) is 5.17. The number of benzene rings is 1. The van der Waals surface area contributed by atoms with Crippen LogP contribution in [0, 0.1) is 0 Å². The number of hydrogen-bond acceptors (Lipinski definition) is 3. The van der Waals surface area contributed by atoms with Crippen molar-refractivity contribution in [2.24, 2.45) is 10.2 Å². The van der Waals surface area contributed by atoms with Gasteiger partial charge in [-0.2, -0.15) is 0 Å². The van der Waals surface area contributed by atoms with Gasteiger partial charge in [-0.25, -0.2) is 4.79 Å². The number of carboxylic acids is 1. The smallest absolute Gasteiger partial charge is 0.357 e. The number of carboxylic acid groups (broad SMARTS) is 1. The van der Waals surface area contributed by atoms with Crippen molar-refractivity contribution in [1.82, 2.24) is 0 Å². The molecule has 1 aliphatic heterocycles. The molecule has 17 heavy (non-hydrogen) atoms. The number of rotatable bonds is 3. The van der Waals surface area contributed by atoms with E-state index in [-0.39, 0.29) is 11.3 Å². The van der Waals surface area contributed by atoms with Crippen molar-refractivity contribution in [3.8, 4) is 0 Å². The number of aryl methyl sites for hydroxylation is 1. The highest BCUT2D eigenvalue weighted by Gasteiger charge is 2.28. The summed E-state index contributed by atoms with van der Waals surface area (Å²) in [4.78, 5) is 22.5. The minimum Gasteiger partial charge on any atom is -0.476 e. The lowest BCUT2D eigenvalue weighted by Gasteiger charge is -2.06. The van der Waals surface area contributed by atoms with E-state index in [0.29, 0.717) is 12.0 Å². The van der Waals surface area contributed by atoms with Crippen molar-refractivity contribution in [3.63, 3.8) is 0 Å². The third kappa shape index (κ3) is 1.87. The van der Waals surface area contributed by atoms with Crippen molar-refractivity contribution in [2.45, 2.75) is 13.3 Å². The molecule has 0 atom stereocenters. The largest absolute Gasteiger partial charge is 0.476 e. The van der Waals surface area contributed by atoms with E-state index in [9.17, 15) is 9.59 Å². The molecule has 5 heteroatoms. The van der Waals surface area contributed by atoms with Crippen LogP contribution >= 0.6 is 0 Å². The lowest BCUT2D eigenvalue weighted by atomic mass is 9.96. The molecule has 0 bridgehead atoms. The molecule has 0 aliphatic carbocycles. The number of aliphatic carboxylic acids is 1. The fraction of sp³-hybridized carbons (Fsp3) is 0.167. The summed E-state index contributed by atoms with van der Waals surface area (Å²) in [6, 6.07) is 7.17. The molecule has 86 valence electrons. The van der Waals surface area contributed by atoms with Crippen molar-refractivity contribution >= 4 is 17.4 Å². The molecule has 0 saturated carbocycles. The molecule has 1 heterocycles. The molecule has 0 spiro atoms. The van der Waals surface area contributed by atoms with E-state index in [4.69, 9.17) is 5.11 Å². The van der Waals surface area contributed by atoms with Crippen LogP contribution in [-0.2, 0) is 16.0 Å². The Labute approximate surface area is 97.5 Å². The average Bonchev–Trinajstić information content (AvgIpc) is 2.71. The molecular weight excluding hydrogens is 220 g/mol. The molecular formula is C12H10N2O3. The molecule has 2 rings (SSSR count). The summed E-state index contributed by atoms with van der Waals surface area (Å²) in [7, 11) is 0. The first-order chi connectivity index (χ1) is 8.15. The van der Waals surface area contributed by atoms with Crippen LogP contribution in [-0.4, -0.2) is 17.0 Å². The molecule has 0 radical (unpaired) electrons. The standard InChI is InChI=1S/C12H10N2O3/c1-2-7-5-3-4-6-8(7)9-10(12(16)17)13-14-11(9)15/h3-6H,2H2,1H3,(H,16,17). The second-order valence-corrected chi connectivity index (χ2v) is 3.54. The molecule has 1 aromatic carbocycles. The lowest BCUT2D eigenvalue weighted by Crippen LogP contribution is -2.05. The zero-order valence-corrected chi connectivity index (χ0v) is 9.17. The fourth-order valence-electron chi connectivity index (χ4n) is 1.76. The molecule has 0 fully saturated rings. The number of hydrogen-bond donors (Lipinski definition) is 1. The monoisotopic (exact) mass is 230 g/mol. The van der Waals surface area contributed by atoms with Crippen LogP contribution in [0.5, 0.6) is 0 Å². The lowest BCUT2D eigenvalue weighted by molar-refractivity contribution is -0.132. The highest BCUT2D eigenvalue weighted by molar-refractivity contribution is 6.27. The molecule has 0 saturated heterocycles. The van der Waals surface area contributed by atoms with E-state index in [1.807, 2.05) is 19.1 Å². The van der Waals surface area contributed by atoms with E-state index in [1.54, 1.807) is 12.1 Å². The maximum Gasteiger partial charge on any atom is 0.357 e. The highest BCUT2D eigenvalue weighted by atomic mass is 16.4. The number of azo groups is 1. The molecule has 0 unspecified atom stereocenters. The maximum absolute atomic E-state index is 11.6. The highest BCUT2D eigenvalue weighted by Crippen LogP contribution is 2.29. The van der Waals surface area contributed by atoms with E-state index in [2.05, 4.69) is 10.2 Å².